The second-order valence-corrected chi connectivity index (χ2v) is 5.69. The molecule has 0 heterocycles. The molecule has 3 heteroatoms. The van der Waals surface area contributed by atoms with E-state index in [1.54, 1.807) is 0 Å². The van der Waals surface area contributed by atoms with Gasteiger partial charge in [-0.3, -0.25) is 0 Å². The molecule has 0 aromatic heterocycles. The molecular weight excluding hydrogens is 228 g/mol. The summed E-state index contributed by atoms with van der Waals surface area (Å²) < 4.78 is 0. The molecule has 0 fully saturated rings. The fraction of sp³-hybridized carbons (Fsp3) is 1.00. The Labute approximate surface area is 113 Å². The molecule has 0 aliphatic heterocycles. The van der Waals surface area contributed by atoms with Crippen molar-refractivity contribution in [2.45, 2.75) is 53.0 Å². The SMILES string of the molecule is CCCNC(CCC)CSCCN(CC)CC. The van der Waals surface area contributed by atoms with Gasteiger partial charge in [-0.1, -0.05) is 34.1 Å². The van der Waals surface area contributed by atoms with E-state index in [2.05, 4.69) is 49.7 Å². The van der Waals surface area contributed by atoms with Gasteiger partial charge in [0.2, 0.25) is 0 Å². The van der Waals surface area contributed by atoms with Crippen LogP contribution in [0.4, 0.5) is 0 Å². The summed E-state index contributed by atoms with van der Waals surface area (Å²) in [6, 6.07) is 0.724. The monoisotopic (exact) mass is 260 g/mol. The number of thioether (sulfide) groups is 1. The van der Waals surface area contributed by atoms with Crippen LogP contribution >= 0.6 is 11.8 Å². The van der Waals surface area contributed by atoms with E-state index in [1.807, 2.05) is 0 Å². The third-order valence-corrected chi connectivity index (χ3v) is 4.19. The Bertz CT molecular complexity index is 149. The van der Waals surface area contributed by atoms with Crippen molar-refractivity contribution in [2.24, 2.45) is 0 Å². The first-order chi connectivity index (χ1) is 8.28. The summed E-state index contributed by atoms with van der Waals surface area (Å²) in [5.41, 5.74) is 0. The minimum atomic E-state index is 0.724. The number of nitrogens with zero attached hydrogens (tertiary/aromatic N) is 1. The number of rotatable bonds is 12. The highest BCUT2D eigenvalue weighted by Gasteiger charge is 2.06. The van der Waals surface area contributed by atoms with E-state index < -0.39 is 0 Å². The van der Waals surface area contributed by atoms with E-state index in [-0.39, 0.29) is 0 Å². The molecule has 2 nitrogen and oxygen atoms in total. The van der Waals surface area contributed by atoms with Crippen LogP contribution < -0.4 is 5.32 Å². The summed E-state index contributed by atoms with van der Waals surface area (Å²) >= 11 is 2.11. The Kier molecular flexibility index (Phi) is 12.9. The molecule has 1 N–H and O–H groups in total. The maximum atomic E-state index is 3.65. The molecule has 0 aromatic rings. The fourth-order valence-electron chi connectivity index (χ4n) is 1.90. The molecule has 0 rings (SSSR count). The summed E-state index contributed by atoms with van der Waals surface area (Å²) in [7, 11) is 0. The highest BCUT2D eigenvalue weighted by molar-refractivity contribution is 7.99. The Balaban J connectivity index is 3.58. The minimum Gasteiger partial charge on any atom is -0.313 e. The summed E-state index contributed by atoms with van der Waals surface area (Å²) in [5.74, 6) is 2.55. The van der Waals surface area contributed by atoms with Gasteiger partial charge < -0.3 is 10.2 Å². The van der Waals surface area contributed by atoms with Gasteiger partial charge >= 0.3 is 0 Å². The van der Waals surface area contributed by atoms with Crippen LogP contribution in [0, 0.1) is 0 Å². The average Bonchev–Trinajstić information content (AvgIpc) is 2.36. The second kappa shape index (κ2) is 12.7. The van der Waals surface area contributed by atoms with E-state index in [0.717, 1.165) is 6.04 Å². The van der Waals surface area contributed by atoms with Gasteiger partial charge in [-0.05, 0) is 32.5 Å². The molecule has 0 bridgehead atoms. The van der Waals surface area contributed by atoms with Crippen molar-refractivity contribution in [1.82, 2.24) is 10.2 Å². The van der Waals surface area contributed by atoms with Crippen LogP contribution in [0.2, 0.25) is 0 Å². The van der Waals surface area contributed by atoms with Gasteiger partial charge in [-0.15, -0.1) is 0 Å². The standard InChI is InChI=1S/C14H32N2S/c1-5-9-14(15-10-6-2)13-17-12-11-16(7-3)8-4/h14-15H,5-13H2,1-4H3. The average molecular weight is 260 g/mol. The topological polar surface area (TPSA) is 15.3 Å². The largest absolute Gasteiger partial charge is 0.313 e. The predicted octanol–water partition coefficient (Wildman–Crippen LogP) is 3.23. The zero-order valence-electron chi connectivity index (χ0n) is 12.3. The summed E-state index contributed by atoms with van der Waals surface area (Å²) in [5, 5.41) is 3.65. The highest BCUT2D eigenvalue weighted by atomic mass is 32.2. The molecule has 0 spiro atoms. The number of hydrogen-bond acceptors (Lipinski definition) is 3. The smallest absolute Gasteiger partial charge is 0.0158 e. The van der Waals surface area contributed by atoms with Crippen molar-refractivity contribution in [2.75, 3.05) is 37.7 Å². The van der Waals surface area contributed by atoms with Crippen LogP contribution in [0.1, 0.15) is 47.0 Å². The Hall–Kier alpha value is 0.270. The summed E-state index contributed by atoms with van der Waals surface area (Å²) in [6.07, 6.45) is 3.85. The van der Waals surface area contributed by atoms with Gasteiger partial charge in [0.25, 0.3) is 0 Å². The highest BCUT2D eigenvalue weighted by Crippen LogP contribution is 2.08. The lowest BCUT2D eigenvalue weighted by atomic mass is 10.2. The zero-order valence-corrected chi connectivity index (χ0v) is 13.1. The maximum Gasteiger partial charge on any atom is 0.0158 e. The Morgan fingerprint density at radius 2 is 1.76 bits per heavy atom. The van der Waals surface area contributed by atoms with Crippen LogP contribution in [0.25, 0.3) is 0 Å². The first-order valence-electron chi connectivity index (χ1n) is 7.31. The van der Waals surface area contributed by atoms with E-state index in [1.165, 1.54) is 56.9 Å². The van der Waals surface area contributed by atoms with E-state index >= 15 is 0 Å². The molecule has 0 saturated heterocycles. The molecule has 0 amide bonds. The lowest BCUT2D eigenvalue weighted by Crippen LogP contribution is -2.32. The molecule has 0 aliphatic rings. The molecule has 0 saturated carbocycles. The van der Waals surface area contributed by atoms with Crippen LogP contribution in [-0.2, 0) is 0 Å². The molecule has 0 radical (unpaired) electrons. The number of nitrogens with one attached hydrogen (secondary N) is 1. The van der Waals surface area contributed by atoms with Crippen molar-refractivity contribution < 1.29 is 0 Å². The van der Waals surface area contributed by atoms with Gasteiger partial charge in [0.05, 0.1) is 0 Å². The Morgan fingerprint density at radius 1 is 1.06 bits per heavy atom. The third kappa shape index (κ3) is 9.93. The van der Waals surface area contributed by atoms with E-state index in [4.69, 9.17) is 0 Å². The minimum absolute atomic E-state index is 0.724. The van der Waals surface area contributed by atoms with Crippen LogP contribution in [0.5, 0.6) is 0 Å². The number of hydrogen-bond donors (Lipinski definition) is 1. The maximum absolute atomic E-state index is 3.65. The molecule has 1 atom stereocenters. The van der Waals surface area contributed by atoms with Crippen molar-refractivity contribution in [1.29, 1.82) is 0 Å². The zero-order chi connectivity index (χ0) is 12.9. The predicted molar refractivity (Wildman–Crippen MR) is 82.1 cm³/mol. The normalized spacial score (nSPS) is 13.2. The van der Waals surface area contributed by atoms with Gasteiger partial charge in [-0.25, -0.2) is 0 Å². The van der Waals surface area contributed by atoms with Crippen molar-refractivity contribution in [3.05, 3.63) is 0 Å². The molecule has 0 aliphatic carbocycles. The second-order valence-electron chi connectivity index (χ2n) is 4.54. The van der Waals surface area contributed by atoms with E-state index in [0.29, 0.717) is 0 Å². The molecule has 0 aromatic carbocycles. The first kappa shape index (κ1) is 17.3. The van der Waals surface area contributed by atoms with Gasteiger partial charge in [-0.2, -0.15) is 11.8 Å². The van der Waals surface area contributed by atoms with Gasteiger partial charge in [0, 0.05) is 24.1 Å². The van der Waals surface area contributed by atoms with Crippen LogP contribution in [0.3, 0.4) is 0 Å². The molecular formula is C14H32N2S. The Morgan fingerprint density at radius 3 is 2.29 bits per heavy atom. The van der Waals surface area contributed by atoms with Crippen LogP contribution in [0.15, 0.2) is 0 Å². The van der Waals surface area contributed by atoms with Crippen LogP contribution in [-0.4, -0.2) is 48.6 Å². The third-order valence-electron chi connectivity index (χ3n) is 3.09. The summed E-state index contributed by atoms with van der Waals surface area (Å²) in [6.45, 7) is 13.8. The molecule has 104 valence electrons. The van der Waals surface area contributed by atoms with Crippen molar-refractivity contribution >= 4 is 11.8 Å². The van der Waals surface area contributed by atoms with Gasteiger partial charge in [0.15, 0.2) is 0 Å². The first-order valence-corrected chi connectivity index (χ1v) is 8.47. The summed E-state index contributed by atoms with van der Waals surface area (Å²) in [4.78, 5) is 2.50. The van der Waals surface area contributed by atoms with E-state index in [9.17, 15) is 0 Å². The molecule has 1 unspecified atom stereocenters. The molecule has 17 heavy (non-hydrogen) atoms. The quantitative estimate of drug-likeness (QED) is 0.542. The lowest BCUT2D eigenvalue weighted by Gasteiger charge is -2.20. The van der Waals surface area contributed by atoms with Crippen molar-refractivity contribution in [3.8, 4) is 0 Å². The lowest BCUT2D eigenvalue weighted by molar-refractivity contribution is 0.324. The van der Waals surface area contributed by atoms with Gasteiger partial charge in [0.1, 0.15) is 0 Å². The fourth-order valence-corrected chi connectivity index (χ4v) is 3.02. The van der Waals surface area contributed by atoms with Crippen molar-refractivity contribution in [3.63, 3.8) is 0 Å².